The molecule has 2 aromatic rings. The molecule has 5 heteroatoms. The molecule has 0 atom stereocenters. The molecule has 4 nitrogen and oxygen atoms in total. The highest BCUT2D eigenvalue weighted by Gasteiger charge is 2.04. The summed E-state index contributed by atoms with van der Waals surface area (Å²) in [5, 5.41) is 4.36. The largest absolute Gasteiger partial charge is 0.383 e. The second kappa shape index (κ2) is 7.99. The Labute approximate surface area is 124 Å². The number of hydrogen-bond acceptors (Lipinski definition) is 5. The minimum absolute atomic E-state index is 0.725. The van der Waals surface area contributed by atoms with E-state index in [1.165, 1.54) is 11.1 Å². The molecular weight excluding hydrogens is 270 g/mol. The van der Waals surface area contributed by atoms with Gasteiger partial charge < -0.3 is 10.1 Å². The number of aryl methyl sites for hydroxylation is 1. The maximum absolute atomic E-state index is 5.00. The Hall–Kier alpha value is -1.43. The highest BCUT2D eigenvalue weighted by Crippen LogP contribution is 2.28. The number of rotatable bonds is 7. The summed E-state index contributed by atoms with van der Waals surface area (Å²) in [7, 11) is 1.71. The summed E-state index contributed by atoms with van der Waals surface area (Å²) < 4.78 is 5.00. The molecule has 1 N–H and O–H groups in total. The van der Waals surface area contributed by atoms with Gasteiger partial charge in [0, 0.05) is 43.7 Å². The van der Waals surface area contributed by atoms with Crippen LogP contribution in [0.25, 0.3) is 0 Å². The number of aromatic nitrogens is 2. The van der Waals surface area contributed by atoms with E-state index in [0.29, 0.717) is 0 Å². The van der Waals surface area contributed by atoms with Crippen molar-refractivity contribution in [3.63, 3.8) is 0 Å². The third kappa shape index (κ3) is 4.59. The van der Waals surface area contributed by atoms with Crippen molar-refractivity contribution >= 4 is 11.8 Å². The molecule has 0 amide bonds. The Balaban J connectivity index is 1.95. The summed E-state index contributed by atoms with van der Waals surface area (Å²) in [4.78, 5) is 9.72. The van der Waals surface area contributed by atoms with Crippen molar-refractivity contribution in [2.24, 2.45) is 0 Å². The minimum Gasteiger partial charge on any atom is -0.383 e. The van der Waals surface area contributed by atoms with Gasteiger partial charge >= 0.3 is 0 Å². The van der Waals surface area contributed by atoms with Crippen LogP contribution in [0.2, 0.25) is 0 Å². The lowest BCUT2D eigenvalue weighted by molar-refractivity contribution is 0.199. The average Bonchev–Trinajstić information content (AvgIpc) is 2.47. The van der Waals surface area contributed by atoms with Crippen molar-refractivity contribution in [3.05, 3.63) is 47.9 Å². The van der Waals surface area contributed by atoms with E-state index in [1.54, 1.807) is 31.3 Å². The lowest BCUT2D eigenvalue weighted by Gasteiger charge is -2.08. The van der Waals surface area contributed by atoms with Crippen molar-refractivity contribution in [1.82, 2.24) is 15.3 Å². The van der Waals surface area contributed by atoms with Gasteiger partial charge in [-0.2, -0.15) is 0 Å². The lowest BCUT2D eigenvalue weighted by Crippen LogP contribution is -2.18. The molecule has 0 aliphatic heterocycles. The van der Waals surface area contributed by atoms with E-state index in [9.17, 15) is 0 Å². The van der Waals surface area contributed by atoms with Crippen LogP contribution in [0.4, 0.5) is 0 Å². The molecule has 0 bridgehead atoms. The van der Waals surface area contributed by atoms with E-state index in [2.05, 4.69) is 28.3 Å². The summed E-state index contributed by atoms with van der Waals surface area (Å²) >= 11 is 1.66. The second-order valence-electron chi connectivity index (χ2n) is 4.42. The highest BCUT2D eigenvalue weighted by molar-refractivity contribution is 7.99. The van der Waals surface area contributed by atoms with Gasteiger partial charge in [0.15, 0.2) is 0 Å². The van der Waals surface area contributed by atoms with Crippen LogP contribution in [-0.2, 0) is 11.3 Å². The molecule has 0 aromatic carbocycles. The normalized spacial score (nSPS) is 10.7. The third-order valence-electron chi connectivity index (χ3n) is 2.76. The number of ether oxygens (including phenoxy) is 1. The van der Waals surface area contributed by atoms with Crippen LogP contribution in [0.1, 0.15) is 11.1 Å². The third-order valence-corrected chi connectivity index (χ3v) is 3.89. The molecule has 0 saturated carbocycles. The first-order valence-electron chi connectivity index (χ1n) is 6.52. The molecule has 0 aliphatic rings. The Morgan fingerprint density at radius 2 is 2.10 bits per heavy atom. The van der Waals surface area contributed by atoms with E-state index in [0.717, 1.165) is 29.6 Å². The monoisotopic (exact) mass is 289 g/mol. The molecule has 0 saturated heterocycles. The molecule has 0 fully saturated rings. The number of hydrogen-bond donors (Lipinski definition) is 1. The van der Waals surface area contributed by atoms with Crippen molar-refractivity contribution < 1.29 is 4.74 Å². The molecule has 106 valence electrons. The first kappa shape index (κ1) is 15.0. The Kier molecular flexibility index (Phi) is 5.98. The van der Waals surface area contributed by atoms with E-state index >= 15 is 0 Å². The van der Waals surface area contributed by atoms with Gasteiger partial charge in [-0.05, 0) is 30.2 Å². The maximum atomic E-state index is 5.00. The predicted molar refractivity (Wildman–Crippen MR) is 80.9 cm³/mol. The minimum atomic E-state index is 0.725. The van der Waals surface area contributed by atoms with Crippen LogP contribution in [-0.4, -0.2) is 30.2 Å². The molecule has 0 radical (unpaired) electrons. The number of nitrogens with zero attached hydrogens (tertiary/aromatic N) is 2. The average molecular weight is 289 g/mol. The van der Waals surface area contributed by atoms with Gasteiger partial charge in [-0.3, -0.25) is 4.98 Å². The van der Waals surface area contributed by atoms with E-state index in [4.69, 9.17) is 4.74 Å². The molecule has 0 unspecified atom stereocenters. The van der Waals surface area contributed by atoms with Gasteiger partial charge in [-0.15, -0.1) is 0 Å². The topological polar surface area (TPSA) is 47.0 Å². The lowest BCUT2D eigenvalue weighted by atomic mass is 10.2. The summed E-state index contributed by atoms with van der Waals surface area (Å²) in [5.41, 5.74) is 2.38. The first-order valence-corrected chi connectivity index (χ1v) is 7.34. The summed E-state index contributed by atoms with van der Waals surface area (Å²) in [6, 6.07) is 6.16. The van der Waals surface area contributed by atoms with Gasteiger partial charge in [-0.1, -0.05) is 17.8 Å². The zero-order valence-corrected chi connectivity index (χ0v) is 12.6. The van der Waals surface area contributed by atoms with Crippen molar-refractivity contribution in [2.45, 2.75) is 23.4 Å². The highest BCUT2D eigenvalue weighted by atomic mass is 32.2. The fraction of sp³-hybridized carbons (Fsp3) is 0.333. The van der Waals surface area contributed by atoms with Crippen molar-refractivity contribution in [3.8, 4) is 0 Å². The number of pyridine rings is 2. The van der Waals surface area contributed by atoms with Crippen LogP contribution < -0.4 is 5.32 Å². The molecule has 0 aliphatic carbocycles. The van der Waals surface area contributed by atoms with E-state index < -0.39 is 0 Å². The van der Waals surface area contributed by atoms with Gasteiger partial charge in [0.2, 0.25) is 0 Å². The van der Waals surface area contributed by atoms with Crippen molar-refractivity contribution in [2.75, 3.05) is 20.3 Å². The van der Waals surface area contributed by atoms with Crippen LogP contribution in [0.3, 0.4) is 0 Å². The first-order chi connectivity index (χ1) is 9.79. The molecule has 20 heavy (non-hydrogen) atoms. The Morgan fingerprint density at radius 3 is 2.80 bits per heavy atom. The Bertz CT molecular complexity index is 534. The van der Waals surface area contributed by atoms with Crippen molar-refractivity contribution in [1.29, 1.82) is 0 Å². The van der Waals surface area contributed by atoms with Gasteiger partial charge in [0.05, 0.1) is 6.61 Å². The predicted octanol–water partition coefficient (Wildman–Crippen LogP) is 2.67. The summed E-state index contributed by atoms with van der Waals surface area (Å²) in [6.07, 6.45) is 5.52. The number of methoxy groups -OCH3 is 1. The van der Waals surface area contributed by atoms with Crippen LogP contribution in [0.15, 0.2) is 46.7 Å². The quantitative estimate of drug-likeness (QED) is 0.794. The van der Waals surface area contributed by atoms with E-state index in [1.807, 2.05) is 18.3 Å². The van der Waals surface area contributed by atoms with Crippen LogP contribution >= 0.6 is 11.8 Å². The fourth-order valence-electron chi connectivity index (χ4n) is 1.75. The van der Waals surface area contributed by atoms with Gasteiger partial charge in [-0.25, -0.2) is 4.98 Å². The second-order valence-corrected chi connectivity index (χ2v) is 5.48. The zero-order chi connectivity index (χ0) is 14.2. The molecule has 2 aromatic heterocycles. The fourth-order valence-corrected chi connectivity index (χ4v) is 2.56. The summed E-state index contributed by atoms with van der Waals surface area (Å²) in [6.45, 7) is 4.48. The summed E-state index contributed by atoms with van der Waals surface area (Å²) in [5.74, 6) is 0. The van der Waals surface area contributed by atoms with Crippen LogP contribution in [0.5, 0.6) is 0 Å². The molecule has 2 heterocycles. The smallest absolute Gasteiger partial charge is 0.104 e. The number of nitrogens with one attached hydrogen (secondary N) is 1. The maximum Gasteiger partial charge on any atom is 0.104 e. The standard InChI is InChI=1S/C15H19N3OS/c1-12-9-13(10-17-7-8-19-2)11-18-15(12)20-14-3-5-16-6-4-14/h3-6,9,11,17H,7-8,10H2,1-2H3. The van der Waals surface area contributed by atoms with Crippen LogP contribution in [0, 0.1) is 6.92 Å². The van der Waals surface area contributed by atoms with E-state index in [-0.39, 0.29) is 0 Å². The zero-order valence-electron chi connectivity index (χ0n) is 11.8. The molecule has 2 rings (SSSR count). The molecular formula is C15H19N3OS. The molecule has 0 spiro atoms. The Morgan fingerprint density at radius 1 is 1.30 bits per heavy atom. The van der Waals surface area contributed by atoms with Gasteiger partial charge in [0.1, 0.15) is 5.03 Å². The van der Waals surface area contributed by atoms with Gasteiger partial charge in [0.25, 0.3) is 0 Å². The SMILES string of the molecule is COCCNCc1cnc(Sc2ccncc2)c(C)c1.